The molecule has 100 valence electrons. The molecular weight excluding hydrogens is 279 g/mol. The number of halogens is 3. The van der Waals surface area contributed by atoms with Gasteiger partial charge in [-0.25, -0.2) is 18.4 Å². The fourth-order valence-corrected chi connectivity index (χ4v) is 1.83. The van der Waals surface area contributed by atoms with Gasteiger partial charge in [0, 0.05) is 0 Å². The highest BCUT2D eigenvalue weighted by Gasteiger charge is 2.32. The number of carboxylic acid groups (broad SMARTS) is 1. The van der Waals surface area contributed by atoms with Crippen molar-refractivity contribution in [1.29, 1.82) is 0 Å². The van der Waals surface area contributed by atoms with Crippen molar-refractivity contribution >= 4 is 16.0 Å². The third-order valence-corrected chi connectivity index (χ3v) is 2.69. The molecule has 0 unspecified atom stereocenters. The first-order valence-corrected chi connectivity index (χ1v) is 5.71. The maximum Gasteiger partial charge on any atom is 0.573 e. The number of alkyl halides is 3. The summed E-state index contributed by atoms with van der Waals surface area (Å²) in [6, 6.07) is 1.70. The molecule has 0 fully saturated rings. The van der Waals surface area contributed by atoms with Crippen molar-refractivity contribution in [3.8, 4) is 5.75 Å². The molecule has 10 heteroatoms. The van der Waals surface area contributed by atoms with Crippen LogP contribution in [0.3, 0.4) is 0 Å². The highest BCUT2D eigenvalue weighted by atomic mass is 32.2. The van der Waals surface area contributed by atoms with Crippen molar-refractivity contribution < 1.29 is 36.2 Å². The van der Waals surface area contributed by atoms with Crippen molar-refractivity contribution in [3.05, 3.63) is 23.8 Å². The maximum absolute atomic E-state index is 11.9. The molecule has 0 atom stereocenters. The molecule has 6 nitrogen and oxygen atoms in total. The van der Waals surface area contributed by atoms with Gasteiger partial charge in [-0.3, -0.25) is 0 Å². The molecule has 0 saturated heterocycles. The van der Waals surface area contributed by atoms with Gasteiger partial charge >= 0.3 is 12.3 Å². The topological polar surface area (TPSA) is 107 Å². The van der Waals surface area contributed by atoms with E-state index in [1.807, 2.05) is 0 Å². The van der Waals surface area contributed by atoms with Crippen LogP contribution >= 0.6 is 0 Å². The molecule has 1 aromatic carbocycles. The van der Waals surface area contributed by atoms with Gasteiger partial charge in [0.05, 0.1) is 10.5 Å². The van der Waals surface area contributed by atoms with Gasteiger partial charge in [0.2, 0.25) is 10.0 Å². The Kier molecular flexibility index (Phi) is 3.53. The normalized spacial score (nSPS) is 12.2. The van der Waals surface area contributed by atoms with E-state index in [9.17, 15) is 26.4 Å². The molecular formula is C8H6F3NO5S. The molecule has 1 aromatic rings. The zero-order chi connectivity index (χ0) is 14.1. The van der Waals surface area contributed by atoms with Crippen molar-refractivity contribution in [2.24, 2.45) is 5.14 Å². The highest BCUT2D eigenvalue weighted by Crippen LogP contribution is 2.26. The van der Waals surface area contributed by atoms with E-state index in [-0.39, 0.29) is 0 Å². The Morgan fingerprint density at radius 1 is 1.33 bits per heavy atom. The predicted molar refractivity (Wildman–Crippen MR) is 51.5 cm³/mol. The second kappa shape index (κ2) is 4.46. The smallest absolute Gasteiger partial charge is 0.478 e. The van der Waals surface area contributed by atoms with Crippen LogP contribution in [-0.4, -0.2) is 25.9 Å². The largest absolute Gasteiger partial charge is 0.573 e. The lowest BCUT2D eigenvalue weighted by molar-refractivity contribution is -0.274. The van der Waals surface area contributed by atoms with Gasteiger partial charge in [0.1, 0.15) is 5.75 Å². The van der Waals surface area contributed by atoms with Gasteiger partial charge in [-0.15, -0.1) is 13.2 Å². The lowest BCUT2D eigenvalue weighted by Gasteiger charge is -2.10. The minimum absolute atomic E-state index is 0.426. The van der Waals surface area contributed by atoms with Gasteiger partial charge in [0.25, 0.3) is 0 Å². The Hall–Kier alpha value is -1.81. The van der Waals surface area contributed by atoms with Crippen LogP contribution in [0.1, 0.15) is 10.4 Å². The van der Waals surface area contributed by atoms with Crippen molar-refractivity contribution in [2.45, 2.75) is 11.3 Å². The quantitative estimate of drug-likeness (QED) is 0.859. The minimum atomic E-state index is -5.02. The first kappa shape index (κ1) is 14.3. The van der Waals surface area contributed by atoms with Crippen molar-refractivity contribution in [3.63, 3.8) is 0 Å². The van der Waals surface area contributed by atoms with E-state index in [4.69, 9.17) is 10.2 Å². The average Bonchev–Trinajstić information content (AvgIpc) is 2.12. The second-order valence-electron chi connectivity index (χ2n) is 3.06. The number of sulfonamides is 1. The molecule has 3 N–H and O–H groups in total. The van der Waals surface area contributed by atoms with E-state index in [1.54, 1.807) is 0 Å². The fourth-order valence-electron chi connectivity index (χ4n) is 1.12. The van der Waals surface area contributed by atoms with E-state index in [2.05, 4.69) is 4.74 Å². The number of carboxylic acids is 1. The van der Waals surface area contributed by atoms with Gasteiger partial charge < -0.3 is 9.84 Å². The first-order valence-electron chi connectivity index (χ1n) is 4.16. The number of aromatic carboxylic acids is 1. The summed E-state index contributed by atoms with van der Waals surface area (Å²) in [5.74, 6) is -2.60. The molecule has 0 aromatic heterocycles. The van der Waals surface area contributed by atoms with Crippen molar-refractivity contribution in [1.82, 2.24) is 0 Å². The van der Waals surface area contributed by atoms with Gasteiger partial charge in [-0.05, 0) is 18.2 Å². The SMILES string of the molecule is NS(=O)(=O)c1ccc(OC(F)(F)F)cc1C(=O)O. The zero-order valence-electron chi connectivity index (χ0n) is 8.43. The highest BCUT2D eigenvalue weighted by molar-refractivity contribution is 7.89. The van der Waals surface area contributed by atoms with E-state index >= 15 is 0 Å². The molecule has 0 amide bonds. The zero-order valence-corrected chi connectivity index (χ0v) is 9.25. The Balaban J connectivity index is 3.33. The number of primary sulfonamides is 1. The lowest BCUT2D eigenvalue weighted by Crippen LogP contribution is -2.19. The van der Waals surface area contributed by atoms with Crippen LogP contribution in [-0.2, 0) is 10.0 Å². The van der Waals surface area contributed by atoms with Gasteiger partial charge in [0.15, 0.2) is 0 Å². The number of rotatable bonds is 3. The monoisotopic (exact) mass is 285 g/mol. The molecule has 0 bridgehead atoms. The molecule has 0 spiro atoms. The number of carbonyl (C=O) groups is 1. The van der Waals surface area contributed by atoms with Gasteiger partial charge in [-0.2, -0.15) is 0 Å². The Labute approximate surface area is 98.8 Å². The molecule has 18 heavy (non-hydrogen) atoms. The van der Waals surface area contributed by atoms with E-state index in [1.165, 1.54) is 0 Å². The van der Waals surface area contributed by atoms with Crippen LogP contribution in [0, 0.1) is 0 Å². The Morgan fingerprint density at radius 3 is 2.28 bits per heavy atom. The molecule has 0 saturated carbocycles. The summed E-state index contributed by atoms with van der Waals surface area (Å²) in [7, 11) is -4.36. The van der Waals surface area contributed by atoms with Crippen LogP contribution in [0.15, 0.2) is 23.1 Å². The van der Waals surface area contributed by atoms with Crippen molar-refractivity contribution in [2.75, 3.05) is 0 Å². The maximum atomic E-state index is 11.9. The lowest BCUT2D eigenvalue weighted by atomic mass is 10.2. The predicted octanol–water partition coefficient (Wildman–Crippen LogP) is 0.931. The van der Waals surface area contributed by atoms with Crippen LogP contribution in [0.5, 0.6) is 5.75 Å². The summed E-state index contributed by atoms with van der Waals surface area (Å²) in [4.78, 5) is 9.93. The second-order valence-corrected chi connectivity index (χ2v) is 4.59. The van der Waals surface area contributed by atoms with Crippen LogP contribution in [0.4, 0.5) is 13.2 Å². The summed E-state index contributed by atoms with van der Waals surface area (Å²) in [5.41, 5.74) is -0.903. The third kappa shape index (κ3) is 3.60. The fraction of sp³-hybridized carbons (Fsp3) is 0.125. The number of nitrogens with two attached hydrogens (primary N) is 1. The summed E-state index contributed by atoms with van der Waals surface area (Å²) < 4.78 is 61.2. The average molecular weight is 285 g/mol. The third-order valence-electron chi connectivity index (χ3n) is 1.72. The van der Waals surface area contributed by atoms with E-state index < -0.39 is 38.6 Å². The molecule has 0 aliphatic rings. The summed E-state index contributed by atoms with van der Waals surface area (Å²) >= 11 is 0. The first-order chi connectivity index (χ1) is 8.00. The van der Waals surface area contributed by atoms with Crippen LogP contribution < -0.4 is 9.88 Å². The van der Waals surface area contributed by atoms with E-state index in [0.717, 1.165) is 0 Å². The molecule has 0 heterocycles. The molecule has 1 rings (SSSR count). The number of hydrogen-bond acceptors (Lipinski definition) is 4. The molecule has 0 radical (unpaired) electrons. The standard InChI is InChI=1S/C8H6F3NO5S/c9-8(10,11)17-4-1-2-6(18(12,15)16)5(3-4)7(13)14/h1-3H,(H,13,14)(H2,12,15,16). The number of hydrogen-bond donors (Lipinski definition) is 2. The van der Waals surface area contributed by atoms with Crippen LogP contribution in [0.2, 0.25) is 0 Å². The minimum Gasteiger partial charge on any atom is -0.478 e. The summed E-state index contributed by atoms with van der Waals surface area (Å²) in [5, 5.41) is 13.4. The Bertz CT molecular complexity index is 581. The Morgan fingerprint density at radius 2 is 1.89 bits per heavy atom. The number of ether oxygens (including phenoxy) is 1. The number of benzene rings is 1. The van der Waals surface area contributed by atoms with Gasteiger partial charge in [-0.1, -0.05) is 0 Å². The molecule has 0 aliphatic heterocycles. The van der Waals surface area contributed by atoms with Crippen LogP contribution in [0.25, 0.3) is 0 Å². The van der Waals surface area contributed by atoms with E-state index in [0.29, 0.717) is 18.2 Å². The summed E-state index contributed by atoms with van der Waals surface area (Å²) in [6.07, 6.45) is -5.02. The summed E-state index contributed by atoms with van der Waals surface area (Å²) in [6.45, 7) is 0. The molecule has 0 aliphatic carbocycles.